The Labute approximate surface area is 249 Å². The number of thiocarbonyl (C=S) groups is 1. The van der Waals surface area contributed by atoms with E-state index < -0.39 is 4.92 Å². The minimum atomic E-state index is -0.392. The zero-order valence-electron chi connectivity index (χ0n) is 22.9. The second-order valence-electron chi connectivity index (χ2n) is 11.1. The average Bonchev–Trinajstić information content (AvgIpc) is 3.57. The van der Waals surface area contributed by atoms with Crippen LogP contribution in [0.15, 0.2) is 85.2 Å². The maximum absolute atomic E-state index is 11.2. The topological polar surface area (TPSA) is 79.5 Å². The zero-order chi connectivity index (χ0) is 28.7. The second kappa shape index (κ2) is 11.1. The largest absolute Gasteiger partial charge is 0.370 e. The minimum Gasteiger partial charge on any atom is -0.370 e. The number of piperidine rings is 1. The molecule has 2 saturated heterocycles. The third-order valence-corrected chi connectivity index (χ3v) is 8.56. The number of pyridine rings is 1. The van der Waals surface area contributed by atoms with Crippen molar-refractivity contribution in [2.75, 3.05) is 22.9 Å². The minimum absolute atomic E-state index is 0.0476. The lowest BCUT2D eigenvalue weighted by atomic mass is 9.91. The molecule has 2 aliphatic heterocycles. The Bertz CT molecular complexity index is 1570. The maximum atomic E-state index is 11.2. The molecule has 2 aromatic heterocycles. The fourth-order valence-electron chi connectivity index (χ4n) is 6.30. The molecule has 0 spiro atoms. The van der Waals surface area contributed by atoms with Crippen LogP contribution >= 0.6 is 23.8 Å². The summed E-state index contributed by atoms with van der Waals surface area (Å²) >= 11 is 12.9. The molecule has 210 valence electrons. The van der Waals surface area contributed by atoms with Crippen LogP contribution in [0.2, 0.25) is 5.02 Å². The van der Waals surface area contributed by atoms with E-state index in [1.807, 2.05) is 41.1 Å². The standard InChI is InChI=1S/C31H31ClN6O2S/c1-20-16-21(2)19-35(18-20)27-13-12-24(17-25(27)32)37-30(29(34-31(37)41)26-6-3-4-14-33-26)28-7-5-15-36(28)22-8-10-23(11-9-22)38(39)40/h3-15,17,20-21,29-30H,16,18-19H2,1-2H3,(H,34,41)/t20-,21+,29-,30+/m0/s1. The van der Waals surface area contributed by atoms with E-state index in [0.717, 1.165) is 41.5 Å². The first kappa shape index (κ1) is 27.2. The van der Waals surface area contributed by atoms with Crippen molar-refractivity contribution in [1.82, 2.24) is 14.9 Å². The summed E-state index contributed by atoms with van der Waals surface area (Å²) in [5.41, 5.74) is 4.60. The van der Waals surface area contributed by atoms with Crippen LogP contribution in [0.4, 0.5) is 17.1 Å². The van der Waals surface area contributed by atoms with Crippen LogP contribution in [0.5, 0.6) is 0 Å². The Morgan fingerprint density at radius 3 is 2.39 bits per heavy atom. The summed E-state index contributed by atoms with van der Waals surface area (Å²) in [4.78, 5) is 20.0. The number of nitrogens with zero attached hydrogens (tertiary/aromatic N) is 5. The van der Waals surface area contributed by atoms with Gasteiger partial charge in [0.1, 0.15) is 6.04 Å². The highest BCUT2D eigenvalue weighted by Gasteiger charge is 2.42. The molecule has 2 aromatic carbocycles. The molecule has 2 aliphatic rings. The van der Waals surface area contributed by atoms with Crippen molar-refractivity contribution in [2.24, 2.45) is 11.8 Å². The number of halogens is 1. The van der Waals surface area contributed by atoms with Crippen LogP contribution in [-0.4, -0.2) is 32.7 Å². The molecule has 10 heteroatoms. The van der Waals surface area contributed by atoms with Crippen molar-refractivity contribution in [3.05, 3.63) is 112 Å². The fourth-order valence-corrected chi connectivity index (χ4v) is 6.94. The van der Waals surface area contributed by atoms with Gasteiger partial charge in [-0.1, -0.05) is 31.5 Å². The predicted molar refractivity (Wildman–Crippen MR) is 167 cm³/mol. The molecule has 4 atom stereocenters. The Kier molecular flexibility index (Phi) is 7.40. The summed E-state index contributed by atoms with van der Waals surface area (Å²) in [6.45, 7) is 6.56. The number of nitro groups is 1. The van der Waals surface area contributed by atoms with E-state index in [-0.39, 0.29) is 17.8 Å². The number of aromatic nitrogens is 2. The highest BCUT2D eigenvalue weighted by molar-refractivity contribution is 7.80. The van der Waals surface area contributed by atoms with Gasteiger partial charge in [-0.05, 0) is 85.1 Å². The molecule has 0 amide bonds. The first-order valence-corrected chi connectivity index (χ1v) is 14.6. The lowest BCUT2D eigenvalue weighted by Crippen LogP contribution is -2.38. The summed E-state index contributed by atoms with van der Waals surface area (Å²) in [5, 5.41) is 16.0. The molecule has 0 bridgehead atoms. The number of nitrogens with one attached hydrogen (secondary N) is 1. The summed E-state index contributed by atoms with van der Waals surface area (Å²) in [5.74, 6) is 1.22. The van der Waals surface area contributed by atoms with Gasteiger partial charge in [0.15, 0.2) is 5.11 Å². The summed E-state index contributed by atoms with van der Waals surface area (Å²) in [6.07, 6.45) is 4.96. The van der Waals surface area contributed by atoms with Crippen LogP contribution in [0.25, 0.3) is 5.69 Å². The van der Waals surface area contributed by atoms with E-state index in [1.54, 1.807) is 18.3 Å². The molecular weight excluding hydrogens is 556 g/mol. The SMILES string of the molecule is C[C@@H]1C[C@H](C)CN(c2ccc(N3C(=S)N[C@@H](c4ccccn4)[C@H]3c3cccn3-c3ccc([N+](=O)[O-])cc3)cc2Cl)C1. The molecule has 0 radical (unpaired) electrons. The van der Waals surface area contributed by atoms with Gasteiger partial charge in [0.05, 0.1) is 27.4 Å². The molecule has 0 unspecified atom stereocenters. The number of benzene rings is 2. The van der Waals surface area contributed by atoms with Crippen molar-refractivity contribution in [3.63, 3.8) is 0 Å². The number of hydrogen-bond acceptors (Lipinski definition) is 5. The molecule has 6 rings (SSSR count). The zero-order valence-corrected chi connectivity index (χ0v) is 24.4. The first-order chi connectivity index (χ1) is 19.8. The van der Waals surface area contributed by atoms with Crippen LogP contribution in [0.3, 0.4) is 0 Å². The average molecular weight is 587 g/mol. The van der Waals surface area contributed by atoms with E-state index in [1.165, 1.54) is 18.6 Å². The van der Waals surface area contributed by atoms with Gasteiger partial charge in [-0.15, -0.1) is 0 Å². The smallest absolute Gasteiger partial charge is 0.269 e. The molecule has 4 aromatic rings. The maximum Gasteiger partial charge on any atom is 0.269 e. The number of nitro benzene ring substituents is 1. The second-order valence-corrected chi connectivity index (χ2v) is 11.9. The molecule has 0 aliphatic carbocycles. The lowest BCUT2D eigenvalue weighted by molar-refractivity contribution is -0.384. The van der Waals surface area contributed by atoms with Crippen molar-refractivity contribution < 1.29 is 4.92 Å². The van der Waals surface area contributed by atoms with Gasteiger partial charge >= 0.3 is 0 Å². The number of hydrogen-bond donors (Lipinski definition) is 1. The van der Waals surface area contributed by atoms with Crippen molar-refractivity contribution >= 4 is 46.0 Å². The Morgan fingerprint density at radius 1 is 1.00 bits per heavy atom. The molecule has 2 fully saturated rings. The van der Waals surface area contributed by atoms with Crippen LogP contribution < -0.4 is 15.1 Å². The highest BCUT2D eigenvalue weighted by Crippen LogP contribution is 2.44. The van der Waals surface area contributed by atoms with Crippen molar-refractivity contribution in [1.29, 1.82) is 0 Å². The Balaban J connectivity index is 1.41. The first-order valence-electron chi connectivity index (χ1n) is 13.8. The van der Waals surface area contributed by atoms with Gasteiger partial charge in [-0.3, -0.25) is 15.1 Å². The van der Waals surface area contributed by atoms with Crippen molar-refractivity contribution in [3.8, 4) is 5.69 Å². The van der Waals surface area contributed by atoms with E-state index in [9.17, 15) is 10.1 Å². The molecule has 1 N–H and O–H groups in total. The molecule has 0 saturated carbocycles. The summed E-state index contributed by atoms with van der Waals surface area (Å²) in [6, 6.07) is 22.1. The molecule has 8 nitrogen and oxygen atoms in total. The van der Waals surface area contributed by atoms with Gasteiger partial charge < -0.3 is 19.7 Å². The van der Waals surface area contributed by atoms with Crippen LogP contribution in [0, 0.1) is 22.0 Å². The molecular formula is C31H31ClN6O2S. The van der Waals surface area contributed by atoms with Crippen molar-refractivity contribution in [2.45, 2.75) is 32.4 Å². The van der Waals surface area contributed by atoms with E-state index in [4.69, 9.17) is 23.8 Å². The number of non-ortho nitro benzene ring substituents is 1. The number of anilines is 2. The fraction of sp³-hybridized carbons (Fsp3) is 0.290. The molecule has 41 heavy (non-hydrogen) atoms. The number of rotatable bonds is 6. The van der Waals surface area contributed by atoms with E-state index >= 15 is 0 Å². The monoisotopic (exact) mass is 586 g/mol. The van der Waals surface area contributed by atoms with E-state index in [2.05, 4.69) is 52.1 Å². The Morgan fingerprint density at radius 2 is 1.73 bits per heavy atom. The predicted octanol–water partition coefficient (Wildman–Crippen LogP) is 7.09. The van der Waals surface area contributed by atoms with Gasteiger partial charge in [0.25, 0.3) is 5.69 Å². The van der Waals surface area contributed by atoms with Crippen LogP contribution in [-0.2, 0) is 0 Å². The van der Waals surface area contributed by atoms with Gasteiger partial charge in [0, 0.05) is 54.7 Å². The quantitative estimate of drug-likeness (QED) is 0.147. The summed E-state index contributed by atoms with van der Waals surface area (Å²) in [7, 11) is 0. The van der Waals surface area contributed by atoms with Gasteiger partial charge in [-0.25, -0.2) is 0 Å². The highest BCUT2D eigenvalue weighted by atomic mass is 35.5. The lowest BCUT2D eigenvalue weighted by Gasteiger charge is -2.37. The van der Waals surface area contributed by atoms with Crippen LogP contribution in [0.1, 0.15) is 43.7 Å². The summed E-state index contributed by atoms with van der Waals surface area (Å²) < 4.78 is 2.04. The van der Waals surface area contributed by atoms with Gasteiger partial charge in [-0.2, -0.15) is 0 Å². The van der Waals surface area contributed by atoms with Gasteiger partial charge in [0.2, 0.25) is 0 Å². The molecule has 4 heterocycles. The third kappa shape index (κ3) is 5.27. The third-order valence-electron chi connectivity index (χ3n) is 7.94. The Hall–Kier alpha value is -3.95. The van der Waals surface area contributed by atoms with E-state index in [0.29, 0.717) is 22.0 Å². The normalized spacial score (nSPS) is 22.6.